The summed E-state index contributed by atoms with van der Waals surface area (Å²) >= 11 is 13.5. The fourth-order valence-corrected chi connectivity index (χ4v) is 2.83. The Kier molecular flexibility index (Phi) is 6.99. The third-order valence-corrected chi connectivity index (χ3v) is 4.51. The molecule has 0 aliphatic rings. The van der Waals surface area contributed by atoms with E-state index in [1.165, 1.54) is 18.9 Å². The van der Waals surface area contributed by atoms with Crippen molar-refractivity contribution in [2.75, 3.05) is 25.3 Å². The van der Waals surface area contributed by atoms with Crippen LogP contribution in [0.1, 0.15) is 10.4 Å². The first-order valence-electron chi connectivity index (χ1n) is 7.08. The van der Waals surface area contributed by atoms with Crippen LogP contribution in [0.5, 0.6) is 5.75 Å². The third kappa shape index (κ3) is 5.29. The second-order valence-electron chi connectivity index (χ2n) is 4.82. The zero-order chi connectivity index (χ0) is 18.4. The molecular weight excluding hydrogens is 385 g/mol. The third-order valence-electron chi connectivity index (χ3n) is 3.16. The van der Waals surface area contributed by atoms with Crippen LogP contribution in [0.15, 0.2) is 41.3 Å². The van der Waals surface area contributed by atoms with Crippen LogP contribution in [0, 0.1) is 0 Å². The number of anilines is 1. The summed E-state index contributed by atoms with van der Waals surface area (Å²) in [5.74, 6) is -0.662. The number of methoxy groups -OCH3 is 1. The molecule has 0 saturated heterocycles. The average molecular weight is 400 g/mol. The normalized spacial score (nSPS) is 10.2. The number of amides is 1. The van der Waals surface area contributed by atoms with Crippen LogP contribution in [0.2, 0.25) is 10.0 Å². The molecule has 5 nitrogen and oxygen atoms in total. The van der Waals surface area contributed by atoms with Gasteiger partial charge in [0.05, 0.1) is 22.7 Å². The highest BCUT2D eigenvalue weighted by molar-refractivity contribution is 7.98. The molecule has 0 aliphatic heterocycles. The van der Waals surface area contributed by atoms with Crippen LogP contribution in [0.3, 0.4) is 0 Å². The van der Waals surface area contributed by atoms with Gasteiger partial charge in [-0.15, -0.1) is 11.8 Å². The van der Waals surface area contributed by atoms with Gasteiger partial charge < -0.3 is 14.8 Å². The Morgan fingerprint density at radius 1 is 1.12 bits per heavy atom. The predicted octanol–water partition coefficient (Wildman–Crippen LogP) is 4.52. The first-order valence-corrected chi connectivity index (χ1v) is 9.06. The second-order valence-corrected chi connectivity index (χ2v) is 6.51. The average Bonchev–Trinajstić information content (AvgIpc) is 2.60. The lowest BCUT2D eigenvalue weighted by Gasteiger charge is -2.09. The van der Waals surface area contributed by atoms with Gasteiger partial charge >= 0.3 is 5.97 Å². The van der Waals surface area contributed by atoms with Crippen molar-refractivity contribution in [3.63, 3.8) is 0 Å². The topological polar surface area (TPSA) is 64.6 Å². The number of esters is 1. The van der Waals surface area contributed by atoms with E-state index >= 15 is 0 Å². The van der Waals surface area contributed by atoms with Gasteiger partial charge in [0.25, 0.3) is 5.91 Å². The Morgan fingerprint density at radius 3 is 2.52 bits per heavy atom. The molecular formula is C17H15Cl2NO4S. The van der Waals surface area contributed by atoms with E-state index in [-0.39, 0.29) is 10.6 Å². The summed E-state index contributed by atoms with van der Waals surface area (Å²) in [4.78, 5) is 24.9. The molecule has 0 fully saturated rings. The van der Waals surface area contributed by atoms with Crippen LogP contribution >= 0.6 is 35.0 Å². The summed E-state index contributed by atoms with van der Waals surface area (Å²) in [7, 11) is 1.50. The van der Waals surface area contributed by atoms with Crippen molar-refractivity contribution in [3.05, 3.63) is 52.0 Å². The van der Waals surface area contributed by atoms with Gasteiger partial charge in [-0.2, -0.15) is 0 Å². The minimum Gasteiger partial charge on any atom is -0.495 e. The molecule has 2 aromatic carbocycles. The number of thioether (sulfide) groups is 1. The molecule has 0 aromatic heterocycles. The van der Waals surface area contributed by atoms with Crippen LogP contribution in [0.4, 0.5) is 5.69 Å². The number of nitrogens with one attached hydrogen (secondary N) is 1. The van der Waals surface area contributed by atoms with Crippen LogP contribution in [0.25, 0.3) is 0 Å². The molecule has 1 N–H and O–H groups in total. The second kappa shape index (κ2) is 8.99. The van der Waals surface area contributed by atoms with E-state index in [1.807, 2.05) is 6.26 Å². The van der Waals surface area contributed by atoms with Gasteiger partial charge in [-0.3, -0.25) is 4.79 Å². The Morgan fingerprint density at radius 2 is 1.88 bits per heavy atom. The monoisotopic (exact) mass is 399 g/mol. The molecule has 132 valence electrons. The minimum absolute atomic E-state index is 0.216. The van der Waals surface area contributed by atoms with Crippen molar-refractivity contribution >= 4 is 52.5 Å². The Bertz CT molecular complexity index is 798. The van der Waals surface area contributed by atoms with E-state index in [2.05, 4.69) is 5.32 Å². The molecule has 0 saturated carbocycles. The molecule has 1 amide bonds. The standard InChI is InChI=1S/C17H15Cl2NO4S/c1-23-15-6-3-10(7-14(15)19)20-16(21)9-24-17(22)12-8-11(25-2)4-5-13(12)18/h3-8H,9H2,1-2H3,(H,20,21). The number of carbonyl (C=O) groups is 2. The number of ether oxygens (including phenoxy) is 2. The molecule has 0 heterocycles. The SMILES string of the molecule is COc1ccc(NC(=O)COC(=O)c2cc(SC)ccc2Cl)cc1Cl. The fourth-order valence-electron chi connectivity index (χ4n) is 1.94. The number of hydrogen-bond donors (Lipinski definition) is 1. The molecule has 2 aromatic rings. The zero-order valence-electron chi connectivity index (χ0n) is 13.5. The molecule has 0 unspecified atom stereocenters. The molecule has 25 heavy (non-hydrogen) atoms. The summed E-state index contributed by atoms with van der Waals surface area (Å²) in [6, 6.07) is 9.82. The van der Waals surface area contributed by atoms with Gasteiger partial charge in [0.15, 0.2) is 6.61 Å². The zero-order valence-corrected chi connectivity index (χ0v) is 15.8. The first kappa shape index (κ1) is 19.4. The van der Waals surface area contributed by atoms with Crippen LogP contribution < -0.4 is 10.1 Å². The number of benzene rings is 2. The lowest BCUT2D eigenvalue weighted by atomic mass is 10.2. The van der Waals surface area contributed by atoms with E-state index in [4.69, 9.17) is 32.7 Å². The maximum absolute atomic E-state index is 12.1. The van der Waals surface area contributed by atoms with Gasteiger partial charge in [0, 0.05) is 10.6 Å². The molecule has 0 spiro atoms. The molecule has 8 heteroatoms. The highest BCUT2D eigenvalue weighted by atomic mass is 35.5. The molecule has 0 aliphatic carbocycles. The van der Waals surface area contributed by atoms with Crippen molar-refractivity contribution in [2.24, 2.45) is 0 Å². The van der Waals surface area contributed by atoms with Crippen LogP contribution in [-0.4, -0.2) is 31.8 Å². The number of hydrogen-bond acceptors (Lipinski definition) is 5. The van der Waals surface area contributed by atoms with Crippen molar-refractivity contribution in [3.8, 4) is 5.75 Å². The van der Waals surface area contributed by atoms with E-state index < -0.39 is 18.5 Å². The van der Waals surface area contributed by atoms with Crippen LogP contribution in [-0.2, 0) is 9.53 Å². The van der Waals surface area contributed by atoms with E-state index in [0.29, 0.717) is 16.5 Å². The Labute approximate surface area is 159 Å². The number of halogens is 2. The Hall–Kier alpha value is -1.89. The fraction of sp³-hybridized carbons (Fsp3) is 0.176. The van der Waals surface area contributed by atoms with E-state index in [1.54, 1.807) is 36.4 Å². The summed E-state index contributed by atoms with van der Waals surface area (Å²) in [5, 5.41) is 3.21. The van der Waals surface area contributed by atoms with Crippen molar-refractivity contribution in [2.45, 2.75) is 4.90 Å². The van der Waals surface area contributed by atoms with E-state index in [0.717, 1.165) is 4.90 Å². The van der Waals surface area contributed by atoms with Crippen molar-refractivity contribution in [1.29, 1.82) is 0 Å². The molecule has 0 bridgehead atoms. The van der Waals surface area contributed by atoms with Gasteiger partial charge in [0.2, 0.25) is 0 Å². The predicted molar refractivity (Wildman–Crippen MR) is 100 cm³/mol. The summed E-state index contributed by atoms with van der Waals surface area (Å²) in [5.41, 5.74) is 0.683. The Balaban J connectivity index is 1.95. The van der Waals surface area contributed by atoms with Gasteiger partial charge in [-0.1, -0.05) is 23.2 Å². The van der Waals surface area contributed by atoms with Crippen molar-refractivity contribution < 1.29 is 19.1 Å². The lowest BCUT2D eigenvalue weighted by Crippen LogP contribution is -2.21. The van der Waals surface area contributed by atoms with Gasteiger partial charge in [0.1, 0.15) is 5.75 Å². The maximum Gasteiger partial charge on any atom is 0.340 e. The molecule has 0 radical (unpaired) electrons. The summed E-state index contributed by atoms with van der Waals surface area (Å²) in [6.45, 7) is -0.442. The highest BCUT2D eigenvalue weighted by Crippen LogP contribution is 2.27. The highest BCUT2D eigenvalue weighted by Gasteiger charge is 2.15. The summed E-state index contributed by atoms with van der Waals surface area (Å²) < 4.78 is 10.0. The maximum atomic E-state index is 12.1. The quantitative estimate of drug-likeness (QED) is 0.571. The van der Waals surface area contributed by atoms with E-state index in [9.17, 15) is 9.59 Å². The smallest absolute Gasteiger partial charge is 0.340 e. The van der Waals surface area contributed by atoms with Crippen molar-refractivity contribution in [1.82, 2.24) is 0 Å². The first-order chi connectivity index (χ1) is 11.9. The molecule has 2 rings (SSSR count). The van der Waals surface area contributed by atoms with Gasteiger partial charge in [-0.25, -0.2) is 4.79 Å². The number of rotatable bonds is 6. The largest absolute Gasteiger partial charge is 0.495 e. The number of carbonyl (C=O) groups excluding carboxylic acids is 2. The minimum atomic E-state index is -0.663. The summed E-state index contributed by atoms with van der Waals surface area (Å²) in [6.07, 6.45) is 1.88. The van der Waals surface area contributed by atoms with Gasteiger partial charge in [-0.05, 0) is 42.7 Å². The molecule has 0 atom stereocenters. The lowest BCUT2D eigenvalue weighted by molar-refractivity contribution is -0.119.